The average molecular weight is 815 g/mol. The fourth-order valence-corrected chi connectivity index (χ4v) is 8.22. The van der Waals surface area contributed by atoms with Crippen LogP contribution in [0.3, 0.4) is 0 Å². The highest BCUT2D eigenvalue weighted by atomic mass is 16.5. The Bertz CT molecular complexity index is 1480. The zero-order valence-electron chi connectivity index (χ0n) is 37.1. The highest BCUT2D eigenvalue weighted by Crippen LogP contribution is 2.30. The van der Waals surface area contributed by atoms with Crippen LogP contribution in [0.1, 0.15) is 85.6 Å². The number of aliphatic carboxylic acids is 1. The lowest BCUT2D eigenvalue weighted by molar-refractivity contribution is -0.148. The van der Waals surface area contributed by atoms with Crippen molar-refractivity contribution in [1.29, 1.82) is 0 Å². The van der Waals surface area contributed by atoms with E-state index in [1.165, 1.54) is 14.2 Å². The molecular formula is C44H74N6O8. The molecule has 1 fully saturated rings. The van der Waals surface area contributed by atoms with Crippen LogP contribution in [0.25, 0.3) is 0 Å². The number of carboxylic acid groups (broad SMARTS) is 1. The third-order valence-corrected chi connectivity index (χ3v) is 11.7. The van der Waals surface area contributed by atoms with Crippen LogP contribution < -0.4 is 16.0 Å². The van der Waals surface area contributed by atoms with Crippen LogP contribution >= 0.6 is 0 Å². The smallest absolute Gasteiger partial charge is 0.326 e. The molecule has 0 bridgehead atoms. The summed E-state index contributed by atoms with van der Waals surface area (Å²) in [6.07, 6.45) is 2.61. The molecule has 1 aromatic carbocycles. The van der Waals surface area contributed by atoms with E-state index in [9.17, 15) is 29.1 Å². The second-order valence-electron chi connectivity index (χ2n) is 16.4. The molecule has 328 valence electrons. The van der Waals surface area contributed by atoms with Gasteiger partial charge in [-0.1, -0.05) is 83.5 Å². The van der Waals surface area contributed by atoms with Crippen molar-refractivity contribution in [3.8, 4) is 0 Å². The number of likely N-dealkylation sites (N-methyl/N-ethyl adjacent to an activating group) is 2. The molecule has 14 heteroatoms. The Hall–Kier alpha value is -3.85. The van der Waals surface area contributed by atoms with E-state index >= 15 is 0 Å². The first-order chi connectivity index (χ1) is 27.4. The van der Waals surface area contributed by atoms with Gasteiger partial charge in [-0.05, 0) is 77.2 Å². The van der Waals surface area contributed by atoms with Gasteiger partial charge in [0.05, 0.1) is 36.6 Å². The molecule has 0 unspecified atom stereocenters. The topological polar surface area (TPSA) is 170 Å². The number of unbranched alkanes of at least 4 members (excludes halogenated alkanes) is 1. The molecule has 4 N–H and O–H groups in total. The number of benzene rings is 1. The molecule has 1 aliphatic heterocycles. The Morgan fingerprint density at radius 3 is 2.17 bits per heavy atom. The predicted octanol–water partition coefficient (Wildman–Crippen LogP) is 3.74. The molecule has 0 aromatic heterocycles. The molecule has 0 spiro atoms. The number of carbonyl (C=O) groups excluding carboxylic acids is 4. The fourth-order valence-electron chi connectivity index (χ4n) is 8.22. The lowest BCUT2D eigenvalue weighted by Crippen LogP contribution is -2.59. The summed E-state index contributed by atoms with van der Waals surface area (Å²) >= 11 is 0. The summed E-state index contributed by atoms with van der Waals surface area (Å²) in [6.45, 7) is 17.5. The minimum Gasteiger partial charge on any atom is -0.480 e. The first-order valence-electron chi connectivity index (χ1n) is 20.9. The van der Waals surface area contributed by atoms with E-state index in [2.05, 4.69) is 22.5 Å². The van der Waals surface area contributed by atoms with Gasteiger partial charge >= 0.3 is 5.97 Å². The van der Waals surface area contributed by atoms with Crippen molar-refractivity contribution in [3.05, 3.63) is 48.0 Å². The number of nitrogens with zero attached hydrogens (tertiary/aromatic N) is 3. The normalized spacial score (nSPS) is 18.4. The lowest BCUT2D eigenvalue weighted by Gasteiger charge is -2.41. The van der Waals surface area contributed by atoms with Crippen LogP contribution in [0.4, 0.5) is 0 Å². The number of ether oxygens (including phenoxy) is 2. The molecule has 1 saturated heterocycles. The second kappa shape index (κ2) is 24.9. The zero-order valence-corrected chi connectivity index (χ0v) is 37.1. The average Bonchev–Trinajstić information content (AvgIpc) is 3.67. The molecule has 0 aliphatic carbocycles. The third-order valence-electron chi connectivity index (χ3n) is 11.7. The van der Waals surface area contributed by atoms with Crippen molar-refractivity contribution in [3.63, 3.8) is 0 Å². The van der Waals surface area contributed by atoms with Crippen molar-refractivity contribution >= 4 is 29.6 Å². The van der Waals surface area contributed by atoms with Crippen molar-refractivity contribution in [1.82, 2.24) is 30.7 Å². The highest BCUT2D eigenvalue weighted by Gasteiger charge is 2.43. The van der Waals surface area contributed by atoms with Gasteiger partial charge in [-0.3, -0.25) is 24.1 Å². The number of likely N-dealkylation sites (tertiary alicyclic amines) is 1. The Morgan fingerprint density at radius 2 is 1.64 bits per heavy atom. The molecule has 0 saturated carbocycles. The molecule has 1 aromatic rings. The molecule has 58 heavy (non-hydrogen) atoms. The van der Waals surface area contributed by atoms with Crippen molar-refractivity contribution < 1.29 is 38.6 Å². The number of amides is 4. The monoisotopic (exact) mass is 815 g/mol. The minimum absolute atomic E-state index is 0.0242. The van der Waals surface area contributed by atoms with E-state index in [1.54, 1.807) is 23.8 Å². The maximum absolute atomic E-state index is 14.4. The van der Waals surface area contributed by atoms with Gasteiger partial charge in [0.25, 0.3) is 0 Å². The van der Waals surface area contributed by atoms with Crippen LogP contribution in [0.15, 0.2) is 42.5 Å². The molecule has 2 rings (SSSR count). The van der Waals surface area contributed by atoms with E-state index in [0.29, 0.717) is 37.9 Å². The van der Waals surface area contributed by atoms with E-state index in [0.717, 1.165) is 24.9 Å². The number of hydrogen-bond acceptors (Lipinski definition) is 9. The summed E-state index contributed by atoms with van der Waals surface area (Å²) in [4.78, 5) is 73.5. The van der Waals surface area contributed by atoms with E-state index < -0.39 is 60.2 Å². The number of methoxy groups -OCH3 is 2. The van der Waals surface area contributed by atoms with Gasteiger partial charge < -0.3 is 40.3 Å². The highest BCUT2D eigenvalue weighted by molar-refractivity contribution is 5.91. The first kappa shape index (κ1) is 50.3. The van der Waals surface area contributed by atoms with Crippen LogP contribution in [0.2, 0.25) is 0 Å². The first-order valence-corrected chi connectivity index (χ1v) is 20.9. The molecule has 1 aliphatic rings. The van der Waals surface area contributed by atoms with Crippen LogP contribution in [-0.4, -0.2) is 147 Å². The van der Waals surface area contributed by atoms with Gasteiger partial charge in [0, 0.05) is 34.2 Å². The maximum atomic E-state index is 14.4. The van der Waals surface area contributed by atoms with Crippen molar-refractivity contribution in [2.45, 2.75) is 129 Å². The fraction of sp³-hybridized carbons (Fsp3) is 0.705. The Morgan fingerprint density at radius 1 is 0.983 bits per heavy atom. The SMILES string of the molecule is C=C(C)[C@@H](C(=O)N[C@H](C(=O)N(C)[C@@H]([C@@H](C)CC)[C@@H](CC(=O)N1CCC[C@H]1[C@H](OC)[C@@H](C)C(=O)N[C@@H](Cc1ccccc1)C(=O)O)OC)C(C)C)N(C)CCCCNC. The Balaban J connectivity index is 2.27. The van der Waals surface area contributed by atoms with Gasteiger partial charge in [0.15, 0.2) is 0 Å². The lowest BCUT2D eigenvalue weighted by atomic mass is 9.89. The maximum Gasteiger partial charge on any atom is 0.326 e. The zero-order chi connectivity index (χ0) is 43.7. The van der Waals surface area contributed by atoms with E-state index in [-0.39, 0.29) is 42.4 Å². The number of nitrogens with one attached hydrogen (secondary N) is 3. The molecule has 9 atom stereocenters. The summed E-state index contributed by atoms with van der Waals surface area (Å²) in [5.74, 6) is -3.42. The Labute approximate surface area is 347 Å². The molecule has 1 heterocycles. The van der Waals surface area contributed by atoms with Crippen molar-refractivity contribution in [2.24, 2.45) is 17.8 Å². The van der Waals surface area contributed by atoms with Gasteiger partial charge in [-0.2, -0.15) is 0 Å². The van der Waals surface area contributed by atoms with Crippen molar-refractivity contribution in [2.75, 3.05) is 55.0 Å². The molecule has 0 radical (unpaired) electrons. The predicted molar refractivity (Wildman–Crippen MR) is 227 cm³/mol. The summed E-state index contributed by atoms with van der Waals surface area (Å²) in [7, 11) is 8.55. The van der Waals surface area contributed by atoms with Gasteiger partial charge in [0.1, 0.15) is 18.1 Å². The van der Waals surface area contributed by atoms with Gasteiger partial charge in [-0.25, -0.2) is 4.79 Å². The van der Waals surface area contributed by atoms with Crippen LogP contribution in [0, 0.1) is 17.8 Å². The van der Waals surface area contributed by atoms with Crippen LogP contribution in [0.5, 0.6) is 0 Å². The largest absolute Gasteiger partial charge is 0.480 e. The standard InChI is InChI=1S/C44H74N6O8/c1-13-30(6)39(49(10)43(54)37(28(2)3)47-42(53)38(29(4)5)48(9)24-18-17-23-45-8)35(57-11)27-36(51)50-25-19-22-34(50)40(58-12)31(7)41(52)46-33(44(55)56)26-32-20-15-14-16-21-32/h14-16,20-21,28,30-31,33-35,37-40,45H,4,13,17-19,22-27H2,1-3,5-12H3,(H,46,52)(H,47,53)(H,55,56)/t30-,31+,33-,34-,35+,37-,38-,39-,40+/m0/s1. The summed E-state index contributed by atoms with van der Waals surface area (Å²) in [6, 6.07) is 5.60. The summed E-state index contributed by atoms with van der Waals surface area (Å²) in [5, 5.41) is 18.8. The number of hydrogen-bond donors (Lipinski definition) is 4. The number of carboxylic acids is 1. The number of carbonyl (C=O) groups is 5. The third kappa shape index (κ3) is 14.2. The molecule has 14 nitrogen and oxygen atoms in total. The molecule has 4 amide bonds. The van der Waals surface area contributed by atoms with Gasteiger partial charge in [0.2, 0.25) is 23.6 Å². The van der Waals surface area contributed by atoms with Crippen LogP contribution in [-0.2, 0) is 39.9 Å². The summed E-state index contributed by atoms with van der Waals surface area (Å²) in [5.41, 5.74) is 1.47. The van der Waals surface area contributed by atoms with E-state index in [4.69, 9.17) is 9.47 Å². The quantitative estimate of drug-likeness (QED) is 0.0799. The number of rotatable bonds is 26. The molecular weight excluding hydrogens is 741 g/mol. The Kier molecular flexibility index (Phi) is 21.6. The minimum atomic E-state index is -1.14. The van der Waals surface area contributed by atoms with Gasteiger partial charge in [-0.15, -0.1) is 0 Å². The van der Waals surface area contributed by atoms with E-state index in [1.807, 2.05) is 83.9 Å². The summed E-state index contributed by atoms with van der Waals surface area (Å²) < 4.78 is 11.9. The second-order valence-corrected chi connectivity index (χ2v) is 16.4.